The van der Waals surface area contributed by atoms with Crippen LogP contribution in [0.5, 0.6) is 0 Å². The smallest absolute Gasteiger partial charge is 0.311 e. The number of hydrogen-bond acceptors (Lipinski definition) is 3. The molecule has 0 radical (unpaired) electrons. The Morgan fingerprint density at radius 1 is 1.35 bits per heavy atom. The molecule has 0 heterocycles. The number of esters is 1. The van der Waals surface area contributed by atoms with Crippen molar-refractivity contribution in [3.8, 4) is 0 Å². The van der Waals surface area contributed by atoms with Crippen molar-refractivity contribution in [2.75, 3.05) is 6.61 Å². The molecule has 0 fully saturated rings. The van der Waals surface area contributed by atoms with Crippen LogP contribution in [0.1, 0.15) is 39.2 Å². The minimum absolute atomic E-state index is 0.210. The summed E-state index contributed by atoms with van der Waals surface area (Å²) < 4.78 is 5.15. The lowest BCUT2D eigenvalue weighted by atomic mass is 9.97. The van der Waals surface area contributed by atoms with Gasteiger partial charge in [0.25, 0.3) is 0 Å². The van der Waals surface area contributed by atoms with Crippen LogP contribution in [0.15, 0.2) is 24.3 Å². The second-order valence-corrected chi connectivity index (χ2v) is 6.38. The molecule has 112 valence electrons. The summed E-state index contributed by atoms with van der Waals surface area (Å²) in [5.41, 5.74) is 0.462. The van der Waals surface area contributed by atoms with Gasteiger partial charge in [0.2, 0.25) is 0 Å². The van der Waals surface area contributed by atoms with Crippen LogP contribution in [0.2, 0.25) is 5.02 Å². The summed E-state index contributed by atoms with van der Waals surface area (Å²) in [4.78, 5) is 11.5. The van der Waals surface area contributed by atoms with Crippen molar-refractivity contribution in [2.45, 2.75) is 46.1 Å². The summed E-state index contributed by atoms with van der Waals surface area (Å²) in [6, 6.07) is 7.49. The monoisotopic (exact) mass is 298 g/mol. The number of ether oxygens (including phenoxy) is 1. The SMILES string of the molecule is CC(C)(C)C(=O)OCCC[C@H](O)Cc1ccccc1Cl. The van der Waals surface area contributed by atoms with Gasteiger partial charge in [-0.2, -0.15) is 0 Å². The number of rotatable bonds is 6. The third kappa shape index (κ3) is 5.93. The van der Waals surface area contributed by atoms with Crippen molar-refractivity contribution in [3.05, 3.63) is 34.9 Å². The highest BCUT2D eigenvalue weighted by molar-refractivity contribution is 6.31. The Kier molecular flexibility index (Phi) is 6.50. The molecule has 0 amide bonds. The second kappa shape index (κ2) is 7.65. The number of aliphatic hydroxyl groups is 1. The van der Waals surface area contributed by atoms with Crippen molar-refractivity contribution in [3.63, 3.8) is 0 Å². The van der Waals surface area contributed by atoms with E-state index in [1.807, 2.05) is 45.0 Å². The molecule has 0 aromatic heterocycles. The van der Waals surface area contributed by atoms with Gasteiger partial charge in [0.1, 0.15) is 0 Å². The first-order valence-electron chi connectivity index (χ1n) is 6.89. The van der Waals surface area contributed by atoms with Gasteiger partial charge in [0.05, 0.1) is 18.1 Å². The van der Waals surface area contributed by atoms with E-state index in [9.17, 15) is 9.90 Å². The van der Waals surface area contributed by atoms with E-state index in [1.165, 1.54) is 0 Å². The lowest BCUT2D eigenvalue weighted by Gasteiger charge is -2.17. The van der Waals surface area contributed by atoms with Gasteiger partial charge in [-0.3, -0.25) is 4.79 Å². The van der Waals surface area contributed by atoms with Crippen molar-refractivity contribution >= 4 is 17.6 Å². The normalized spacial score (nSPS) is 13.1. The largest absolute Gasteiger partial charge is 0.465 e. The van der Waals surface area contributed by atoms with Crippen LogP contribution in [-0.4, -0.2) is 23.8 Å². The average Bonchev–Trinajstić information content (AvgIpc) is 2.36. The molecule has 1 N–H and O–H groups in total. The molecule has 1 aromatic carbocycles. The van der Waals surface area contributed by atoms with E-state index >= 15 is 0 Å². The Balaban J connectivity index is 2.26. The predicted molar refractivity (Wildman–Crippen MR) is 80.8 cm³/mol. The fourth-order valence-electron chi connectivity index (χ4n) is 1.72. The predicted octanol–water partition coefficient (Wildman–Crippen LogP) is 3.61. The first kappa shape index (κ1) is 17.0. The van der Waals surface area contributed by atoms with Gasteiger partial charge in [0, 0.05) is 5.02 Å². The first-order chi connectivity index (χ1) is 9.30. The number of carbonyl (C=O) groups excluding carboxylic acids is 1. The van der Waals surface area contributed by atoms with Gasteiger partial charge in [-0.05, 0) is 51.7 Å². The summed E-state index contributed by atoms with van der Waals surface area (Å²) >= 11 is 6.04. The third-order valence-corrected chi connectivity index (χ3v) is 3.31. The summed E-state index contributed by atoms with van der Waals surface area (Å²) in [6.07, 6.45) is 1.28. The van der Waals surface area contributed by atoms with Crippen LogP contribution in [0.3, 0.4) is 0 Å². The number of hydrogen-bond donors (Lipinski definition) is 1. The Morgan fingerprint density at radius 3 is 2.60 bits per heavy atom. The zero-order chi connectivity index (χ0) is 15.2. The number of benzene rings is 1. The van der Waals surface area contributed by atoms with Crippen LogP contribution in [0.25, 0.3) is 0 Å². The summed E-state index contributed by atoms with van der Waals surface area (Å²) in [5, 5.41) is 10.6. The molecule has 1 atom stereocenters. The van der Waals surface area contributed by atoms with E-state index in [-0.39, 0.29) is 5.97 Å². The van der Waals surface area contributed by atoms with Gasteiger partial charge >= 0.3 is 5.97 Å². The summed E-state index contributed by atoms with van der Waals surface area (Å²) in [7, 11) is 0. The maximum Gasteiger partial charge on any atom is 0.311 e. The molecule has 0 saturated carbocycles. The van der Waals surface area contributed by atoms with E-state index in [2.05, 4.69) is 0 Å². The van der Waals surface area contributed by atoms with E-state index < -0.39 is 11.5 Å². The molecule has 1 rings (SSSR count). The second-order valence-electron chi connectivity index (χ2n) is 5.98. The summed E-state index contributed by atoms with van der Waals surface area (Å²) in [5.74, 6) is -0.210. The van der Waals surface area contributed by atoms with Crippen molar-refractivity contribution in [2.24, 2.45) is 5.41 Å². The quantitative estimate of drug-likeness (QED) is 0.644. The molecular weight excluding hydrogens is 276 g/mol. The molecule has 4 heteroatoms. The van der Waals surface area contributed by atoms with Crippen LogP contribution < -0.4 is 0 Å². The van der Waals surface area contributed by atoms with Crippen molar-refractivity contribution < 1.29 is 14.6 Å². The minimum Gasteiger partial charge on any atom is -0.465 e. The molecule has 20 heavy (non-hydrogen) atoms. The molecule has 0 aliphatic carbocycles. The van der Waals surface area contributed by atoms with Gasteiger partial charge in [-0.15, -0.1) is 0 Å². The van der Waals surface area contributed by atoms with Crippen LogP contribution in [-0.2, 0) is 16.0 Å². The highest BCUT2D eigenvalue weighted by Crippen LogP contribution is 2.18. The first-order valence-corrected chi connectivity index (χ1v) is 7.27. The van der Waals surface area contributed by atoms with Gasteiger partial charge in [-0.1, -0.05) is 29.8 Å². The number of aliphatic hydroxyl groups excluding tert-OH is 1. The highest BCUT2D eigenvalue weighted by Gasteiger charge is 2.22. The molecule has 3 nitrogen and oxygen atoms in total. The van der Waals surface area contributed by atoms with Crippen LogP contribution in [0.4, 0.5) is 0 Å². The lowest BCUT2D eigenvalue weighted by Crippen LogP contribution is -2.23. The van der Waals surface area contributed by atoms with Gasteiger partial charge in [0.15, 0.2) is 0 Å². The molecule has 0 spiro atoms. The average molecular weight is 299 g/mol. The molecule has 0 bridgehead atoms. The van der Waals surface area contributed by atoms with Crippen LogP contribution >= 0.6 is 11.6 Å². The Bertz CT molecular complexity index is 438. The van der Waals surface area contributed by atoms with Gasteiger partial charge in [-0.25, -0.2) is 0 Å². The standard InChI is InChI=1S/C16H23ClO3/c1-16(2,3)15(19)20-10-6-8-13(18)11-12-7-4-5-9-14(12)17/h4-5,7,9,13,18H,6,8,10-11H2,1-3H3/t13-/m0/s1. The van der Waals surface area contributed by atoms with Crippen LogP contribution in [0, 0.1) is 5.41 Å². The molecular formula is C16H23ClO3. The van der Waals surface area contributed by atoms with E-state index in [4.69, 9.17) is 16.3 Å². The Labute approximate surface area is 125 Å². The Hall–Kier alpha value is -1.06. The zero-order valence-electron chi connectivity index (χ0n) is 12.4. The third-order valence-electron chi connectivity index (χ3n) is 2.94. The molecule has 0 aliphatic rings. The fourth-order valence-corrected chi connectivity index (χ4v) is 1.93. The zero-order valence-corrected chi connectivity index (χ0v) is 13.1. The van der Waals surface area contributed by atoms with E-state index in [1.54, 1.807) is 0 Å². The number of halogens is 1. The maximum absolute atomic E-state index is 11.5. The minimum atomic E-state index is -0.476. The number of carbonyl (C=O) groups is 1. The molecule has 1 aromatic rings. The van der Waals surface area contributed by atoms with E-state index in [0.717, 1.165) is 5.56 Å². The highest BCUT2D eigenvalue weighted by atomic mass is 35.5. The van der Waals surface area contributed by atoms with Crippen molar-refractivity contribution in [1.82, 2.24) is 0 Å². The summed E-state index contributed by atoms with van der Waals surface area (Å²) in [6.45, 7) is 5.81. The molecule has 0 saturated heterocycles. The van der Waals surface area contributed by atoms with Crippen molar-refractivity contribution in [1.29, 1.82) is 0 Å². The topological polar surface area (TPSA) is 46.5 Å². The van der Waals surface area contributed by atoms with Gasteiger partial charge < -0.3 is 9.84 Å². The maximum atomic E-state index is 11.5. The Morgan fingerprint density at radius 2 is 2.00 bits per heavy atom. The lowest BCUT2D eigenvalue weighted by molar-refractivity contribution is -0.153. The molecule has 0 aliphatic heterocycles. The molecule has 0 unspecified atom stereocenters. The van der Waals surface area contributed by atoms with E-state index in [0.29, 0.717) is 30.9 Å². The fraction of sp³-hybridized carbons (Fsp3) is 0.562.